The quantitative estimate of drug-likeness (QED) is 0.853. The second kappa shape index (κ2) is 5.98. The second-order valence-corrected chi connectivity index (χ2v) is 6.27. The van der Waals surface area contributed by atoms with Crippen LogP contribution in [0, 0.1) is 0 Å². The first-order valence-electron chi connectivity index (χ1n) is 5.74. The molecule has 0 saturated heterocycles. The van der Waals surface area contributed by atoms with Crippen LogP contribution in [0.2, 0.25) is 0 Å². The molecule has 0 aliphatic carbocycles. The lowest BCUT2D eigenvalue weighted by molar-refractivity contribution is 0.601. The van der Waals surface area contributed by atoms with Gasteiger partial charge in [0.2, 0.25) is 0 Å². The third-order valence-electron chi connectivity index (χ3n) is 2.26. The second-order valence-electron chi connectivity index (χ2n) is 3.72. The van der Waals surface area contributed by atoms with E-state index in [2.05, 4.69) is 20.0 Å². The summed E-state index contributed by atoms with van der Waals surface area (Å²) in [5.41, 5.74) is 0. The molecule has 2 aromatic rings. The van der Waals surface area contributed by atoms with Crippen LogP contribution in [0.3, 0.4) is 0 Å². The molecule has 2 N–H and O–H groups in total. The molecule has 6 nitrogen and oxygen atoms in total. The molecule has 0 amide bonds. The number of thiazole rings is 1. The van der Waals surface area contributed by atoms with E-state index in [4.69, 9.17) is 0 Å². The van der Waals surface area contributed by atoms with Gasteiger partial charge in [0.25, 0.3) is 10.0 Å². The van der Waals surface area contributed by atoms with E-state index < -0.39 is 10.0 Å². The Bertz CT molecular complexity index is 626. The van der Waals surface area contributed by atoms with Crippen molar-refractivity contribution in [3.05, 3.63) is 29.9 Å². The maximum absolute atomic E-state index is 12.3. The number of rotatable bonds is 6. The Kier molecular flexibility index (Phi) is 4.33. The minimum Gasteiger partial charge on any atom is -0.369 e. The number of hydrogen-bond acceptors (Lipinski definition) is 6. The van der Waals surface area contributed by atoms with Crippen LogP contribution >= 0.6 is 11.3 Å². The van der Waals surface area contributed by atoms with Crippen LogP contribution in [-0.2, 0) is 10.0 Å². The fourth-order valence-corrected chi connectivity index (χ4v) is 3.35. The smallest absolute Gasteiger partial charge is 0.267 e. The van der Waals surface area contributed by atoms with E-state index in [1.54, 1.807) is 23.8 Å². The summed E-state index contributed by atoms with van der Waals surface area (Å²) in [6.07, 6.45) is 3.98. The largest absolute Gasteiger partial charge is 0.369 e. The summed E-state index contributed by atoms with van der Waals surface area (Å²) < 4.78 is 26.9. The molecule has 2 rings (SSSR count). The van der Waals surface area contributed by atoms with Crippen LogP contribution in [0.1, 0.15) is 13.3 Å². The number of pyridine rings is 1. The molecular weight excluding hydrogens is 284 g/mol. The lowest BCUT2D eigenvalue weighted by atomic mass is 10.4. The normalized spacial score (nSPS) is 11.2. The van der Waals surface area contributed by atoms with Gasteiger partial charge in [0.05, 0.1) is 0 Å². The van der Waals surface area contributed by atoms with Gasteiger partial charge in [-0.15, -0.1) is 11.3 Å². The lowest BCUT2D eigenvalue weighted by Crippen LogP contribution is -2.16. The van der Waals surface area contributed by atoms with Gasteiger partial charge in [-0.2, -0.15) is 0 Å². The molecule has 19 heavy (non-hydrogen) atoms. The van der Waals surface area contributed by atoms with Crippen molar-refractivity contribution in [2.24, 2.45) is 0 Å². The Morgan fingerprint density at radius 3 is 2.84 bits per heavy atom. The maximum atomic E-state index is 12.3. The zero-order chi connectivity index (χ0) is 13.7. The van der Waals surface area contributed by atoms with E-state index in [-0.39, 0.29) is 4.90 Å². The molecule has 0 saturated carbocycles. The maximum Gasteiger partial charge on any atom is 0.267 e. The van der Waals surface area contributed by atoms with Crippen LogP contribution < -0.4 is 10.0 Å². The van der Waals surface area contributed by atoms with Crippen molar-refractivity contribution in [2.75, 3.05) is 16.6 Å². The first-order chi connectivity index (χ1) is 9.13. The SMILES string of the molecule is CCCNc1ncccc1S(=O)(=O)Nc1nccs1. The molecule has 0 atom stereocenters. The van der Waals surface area contributed by atoms with Gasteiger partial charge in [-0.1, -0.05) is 6.92 Å². The summed E-state index contributed by atoms with van der Waals surface area (Å²) in [4.78, 5) is 8.09. The highest BCUT2D eigenvalue weighted by atomic mass is 32.2. The molecule has 0 radical (unpaired) electrons. The molecule has 0 spiro atoms. The average molecular weight is 298 g/mol. The van der Waals surface area contributed by atoms with E-state index in [9.17, 15) is 8.42 Å². The highest BCUT2D eigenvalue weighted by Gasteiger charge is 2.20. The van der Waals surface area contributed by atoms with Crippen molar-refractivity contribution in [3.8, 4) is 0 Å². The minimum absolute atomic E-state index is 0.124. The van der Waals surface area contributed by atoms with E-state index in [0.29, 0.717) is 17.5 Å². The van der Waals surface area contributed by atoms with Gasteiger partial charge in [-0.25, -0.2) is 18.4 Å². The fourth-order valence-electron chi connectivity index (χ4n) is 1.43. The zero-order valence-corrected chi connectivity index (χ0v) is 12.0. The monoisotopic (exact) mass is 298 g/mol. The van der Waals surface area contributed by atoms with Gasteiger partial charge in [-0.3, -0.25) is 4.72 Å². The molecule has 0 fully saturated rings. The molecule has 8 heteroatoms. The zero-order valence-electron chi connectivity index (χ0n) is 10.3. The molecule has 0 bridgehead atoms. The Hall–Kier alpha value is -1.67. The van der Waals surface area contributed by atoms with Crippen molar-refractivity contribution in [2.45, 2.75) is 18.2 Å². The number of nitrogens with zero attached hydrogens (tertiary/aromatic N) is 2. The molecule has 2 heterocycles. The Labute approximate surface area is 116 Å². The third kappa shape index (κ3) is 3.42. The van der Waals surface area contributed by atoms with Gasteiger partial charge < -0.3 is 5.32 Å². The lowest BCUT2D eigenvalue weighted by Gasteiger charge is -2.10. The van der Waals surface area contributed by atoms with E-state index in [0.717, 1.165) is 6.42 Å². The van der Waals surface area contributed by atoms with Crippen molar-refractivity contribution in [3.63, 3.8) is 0 Å². The van der Waals surface area contributed by atoms with E-state index >= 15 is 0 Å². The number of nitrogens with one attached hydrogen (secondary N) is 2. The van der Waals surface area contributed by atoms with E-state index in [1.807, 2.05) is 6.92 Å². The van der Waals surface area contributed by atoms with Gasteiger partial charge in [-0.05, 0) is 18.6 Å². The van der Waals surface area contributed by atoms with Gasteiger partial charge >= 0.3 is 0 Å². The number of anilines is 2. The molecule has 102 valence electrons. The summed E-state index contributed by atoms with van der Waals surface area (Å²) in [6, 6.07) is 3.11. The summed E-state index contributed by atoms with van der Waals surface area (Å²) in [5, 5.41) is 5.05. The van der Waals surface area contributed by atoms with E-state index in [1.165, 1.54) is 17.4 Å². The Morgan fingerprint density at radius 2 is 2.16 bits per heavy atom. The molecule has 0 unspecified atom stereocenters. The predicted octanol–water partition coefficient (Wildman–Crippen LogP) is 2.16. The van der Waals surface area contributed by atoms with Crippen molar-refractivity contribution < 1.29 is 8.42 Å². The topological polar surface area (TPSA) is 84.0 Å². The van der Waals surface area contributed by atoms with Crippen LogP contribution in [0.5, 0.6) is 0 Å². The summed E-state index contributed by atoms with van der Waals surface area (Å²) >= 11 is 1.23. The molecule has 0 aromatic carbocycles. The summed E-state index contributed by atoms with van der Waals surface area (Å²) in [5.74, 6) is 0.355. The fraction of sp³-hybridized carbons (Fsp3) is 0.273. The van der Waals surface area contributed by atoms with Crippen molar-refractivity contribution in [1.82, 2.24) is 9.97 Å². The molecular formula is C11H14N4O2S2. The minimum atomic E-state index is -3.67. The van der Waals surface area contributed by atoms with Gasteiger partial charge in [0, 0.05) is 24.3 Å². The third-order valence-corrected chi connectivity index (χ3v) is 4.44. The highest BCUT2D eigenvalue weighted by molar-refractivity contribution is 7.93. The van der Waals surface area contributed by atoms with Crippen molar-refractivity contribution >= 4 is 32.3 Å². The Morgan fingerprint density at radius 1 is 1.32 bits per heavy atom. The Balaban J connectivity index is 2.29. The number of hydrogen-bond donors (Lipinski definition) is 2. The van der Waals surface area contributed by atoms with Gasteiger partial charge in [0.1, 0.15) is 10.7 Å². The summed E-state index contributed by atoms with van der Waals surface area (Å²) in [6.45, 7) is 2.66. The first kappa shape index (κ1) is 13.8. The number of sulfonamides is 1. The molecule has 2 aromatic heterocycles. The van der Waals surface area contributed by atoms with Crippen LogP contribution in [0.15, 0.2) is 34.8 Å². The predicted molar refractivity (Wildman–Crippen MR) is 75.9 cm³/mol. The molecule has 0 aliphatic heterocycles. The highest BCUT2D eigenvalue weighted by Crippen LogP contribution is 2.22. The average Bonchev–Trinajstić information content (AvgIpc) is 2.88. The van der Waals surface area contributed by atoms with Crippen LogP contribution in [0.25, 0.3) is 0 Å². The molecule has 0 aliphatic rings. The first-order valence-corrected chi connectivity index (χ1v) is 8.11. The van der Waals surface area contributed by atoms with Gasteiger partial charge in [0.15, 0.2) is 5.13 Å². The van der Waals surface area contributed by atoms with Crippen LogP contribution in [0.4, 0.5) is 10.9 Å². The standard InChI is InChI=1S/C11H14N4O2S2/c1-2-5-12-10-9(4-3-6-13-10)19(16,17)15-11-14-7-8-18-11/h3-4,6-8H,2,5H2,1H3,(H,12,13)(H,14,15). The summed E-state index contributed by atoms with van der Waals surface area (Å²) in [7, 11) is -3.67. The van der Waals surface area contributed by atoms with Crippen LogP contribution in [-0.4, -0.2) is 24.9 Å². The van der Waals surface area contributed by atoms with Crippen molar-refractivity contribution in [1.29, 1.82) is 0 Å². The number of aromatic nitrogens is 2.